The molecular formula is C17H17BrN2O. The number of piperidine rings is 1. The number of fused-ring (bicyclic) bond motifs is 5. The average Bonchev–Trinajstić information content (AvgIpc) is 2.63. The summed E-state index contributed by atoms with van der Waals surface area (Å²) in [6.07, 6.45) is 2.17. The molecule has 2 aromatic carbocycles. The fourth-order valence-electron chi connectivity index (χ4n) is 3.43. The summed E-state index contributed by atoms with van der Waals surface area (Å²) in [5.74, 6) is 1.83. The number of anilines is 1. The van der Waals surface area contributed by atoms with E-state index in [0.29, 0.717) is 0 Å². The van der Waals surface area contributed by atoms with E-state index in [1.54, 1.807) is 0 Å². The van der Waals surface area contributed by atoms with E-state index in [2.05, 4.69) is 39.0 Å². The molecule has 1 saturated heterocycles. The molecule has 0 spiro atoms. The van der Waals surface area contributed by atoms with Crippen molar-refractivity contribution in [3.63, 3.8) is 0 Å². The highest BCUT2D eigenvalue weighted by Crippen LogP contribution is 2.47. The van der Waals surface area contributed by atoms with Crippen LogP contribution in [0.3, 0.4) is 0 Å². The molecule has 0 saturated carbocycles. The standard InChI is InChI=1S/C17H17BrN2O/c18-11-7-8-16-14(10-11)20-9-3-5-13(19)17(20)12-4-1-2-6-15(12)21-16/h1-2,4,6-8,10,13,17H,3,5,9,19H2/t13-,17-/m0/s1. The first-order chi connectivity index (χ1) is 10.2. The fourth-order valence-corrected chi connectivity index (χ4v) is 3.78. The van der Waals surface area contributed by atoms with E-state index >= 15 is 0 Å². The van der Waals surface area contributed by atoms with Crippen LogP contribution in [0.25, 0.3) is 0 Å². The summed E-state index contributed by atoms with van der Waals surface area (Å²) in [4.78, 5) is 2.40. The molecule has 2 aromatic rings. The molecule has 2 aliphatic rings. The largest absolute Gasteiger partial charge is 0.455 e. The molecule has 2 aliphatic heterocycles. The maximum absolute atomic E-state index is 6.46. The molecule has 0 amide bonds. The Balaban J connectivity index is 1.94. The molecular weight excluding hydrogens is 328 g/mol. The van der Waals surface area contributed by atoms with Crippen molar-refractivity contribution in [2.24, 2.45) is 5.73 Å². The van der Waals surface area contributed by atoms with Crippen LogP contribution in [-0.4, -0.2) is 12.6 Å². The molecule has 0 unspecified atom stereocenters. The maximum atomic E-state index is 6.46. The smallest absolute Gasteiger partial charge is 0.150 e. The summed E-state index contributed by atoms with van der Waals surface area (Å²) >= 11 is 3.57. The minimum Gasteiger partial charge on any atom is -0.455 e. The predicted molar refractivity (Wildman–Crippen MR) is 88.0 cm³/mol. The summed E-state index contributed by atoms with van der Waals surface area (Å²) in [6.45, 7) is 1.01. The molecule has 108 valence electrons. The lowest BCUT2D eigenvalue weighted by Gasteiger charge is -2.40. The van der Waals surface area contributed by atoms with Crippen LogP contribution < -0.4 is 15.4 Å². The molecule has 2 N–H and O–H groups in total. The van der Waals surface area contributed by atoms with Crippen LogP contribution in [-0.2, 0) is 0 Å². The van der Waals surface area contributed by atoms with Crippen LogP contribution in [0, 0.1) is 0 Å². The van der Waals surface area contributed by atoms with E-state index in [4.69, 9.17) is 10.5 Å². The third-order valence-electron chi connectivity index (χ3n) is 4.37. The Kier molecular flexibility index (Phi) is 3.16. The highest BCUT2D eigenvalue weighted by atomic mass is 79.9. The fraction of sp³-hybridized carbons (Fsp3) is 0.294. The van der Waals surface area contributed by atoms with Gasteiger partial charge in [0.2, 0.25) is 0 Å². The zero-order valence-electron chi connectivity index (χ0n) is 11.6. The monoisotopic (exact) mass is 344 g/mol. The topological polar surface area (TPSA) is 38.5 Å². The lowest BCUT2D eigenvalue weighted by molar-refractivity contribution is 0.408. The summed E-state index contributed by atoms with van der Waals surface area (Å²) < 4.78 is 7.24. The van der Waals surface area contributed by atoms with Crippen LogP contribution >= 0.6 is 15.9 Å². The van der Waals surface area contributed by atoms with Gasteiger partial charge in [-0.3, -0.25) is 0 Å². The Hall–Kier alpha value is -1.52. The highest BCUT2D eigenvalue weighted by Gasteiger charge is 2.36. The van der Waals surface area contributed by atoms with Crippen molar-refractivity contribution < 1.29 is 4.74 Å². The number of halogens is 1. The van der Waals surface area contributed by atoms with Crippen molar-refractivity contribution in [1.29, 1.82) is 0 Å². The number of para-hydroxylation sites is 1. The lowest BCUT2D eigenvalue weighted by Crippen LogP contribution is -2.45. The molecule has 2 atom stereocenters. The van der Waals surface area contributed by atoms with E-state index in [1.807, 2.05) is 24.3 Å². The molecule has 0 bridgehead atoms. The van der Waals surface area contributed by atoms with Gasteiger partial charge in [-0.2, -0.15) is 0 Å². The third-order valence-corrected chi connectivity index (χ3v) is 4.86. The number of nitrogens with two attached hydrogens (primary N) is 1. The number of benzene rings is 2. The Morgan fingerprint density at radius 1 is 1.14 bits per heavy atom. The predicted octanol–water partition coefficient (Wildman–Crippen LogP) is 4.22. The number of ether oxygens (including phenoxy) is 1. The van der Waals surface area contributed by atoms with E-state index in [9.17, 15) is 0 Å². The van der Waals surface area contributed by atoms with E-state index in [-0.39, 0.29) is 12.1 Å². The Morgan fingerprint density at radius 3 is 2.90 bits per heavy atom. The molecule has 4 rings (SSSR count). The van der Waals surface area contributed by atoms with Crippen molar-refractivity contribution in [1.82, 2.24) is 0 Å². The zero-order chi connectivity index (χ0) is 14.4. The summed E-state index contributed by atoms with van der Waals surface area (Å²) in [5, 5.41) is 0. The van der Waals surface area contributed by atoms with E-state index in [0.717, 1.165) is 41.0 Å². The van der Waals surface area contributed by atoms with Gasteiger partial charge in [-0.1, -0.05) is 34.1 Å². The van der Waals surface area contributed by atoms with E-state index in [1.165, 1.54) is 5.56 Å². The first-order valence-corrected chi connectivity index (χ1v) is 8.12. The molecule has 0 aromatic heterocycles. The van der Waals surface area contributed by atoms with Gasteiger partial charge in [0.15, 0.2) is 5.75 Å². The van der Waals surface area contributed by atoms with Crippen molar-refractivity contribution in [2.75, 3.05) is 11.4 Å². The summed E-state index contributed by atoms with van der Waals surface area (Å²) in [7, 11) is 0. The van der Waals surface area contributed by atoms with E-state index < -0.39 is 0 Å². The second kappa shape index (κ2) is 5.04. The highest BCUT2D eigenvalue weighted by molar-refractivity contribution is 9.10. The quantitative estimate of drug-likeness (QED) is 0.777. The third kappa shape index (κ3) is 2.14. The van der Waals surface area contributed by atoms with Crippen molar-refractivity contribution in [3.8, 4) is 11.5 Å². The maximum Gasteiger partial charge on any atom is 0.150 e. The number of nitrogens with zero attached hydrogens (tertiary/aromatic N) is 1. The van der Waals surface area contributed by atoms with Gasteiger partial charge in [0.25, 0.3) is 0 Å². The SMILES string of the molecule is N[C@H]1CCCN2c3cc(Br)ccc3Oc3ccccc3[C@@H]12. The minimum atomic E-state index is 0.133. The Bertz CT molecular complexity index is 688. The second-order valence-electron chi connectivity index (χ2n) is 5.70. The van der Waals surface area contributed by atoms with Gasteiger partial charge in [-0.15, -0.1) is 0 Å². The molecule has 3 nitrogen and oxygen atoms in total. The van der Waals surface area contributed by atoms with Gasteiger partial charge in [-0.05, 0) is 37.1 Å². The van der Waals surface area contributed by atoms with Crippen LogP contribution in [0.4, 0.5) is 5.69 Å². The van der Waals surface area contributed by atoms with Crippen LogP contribution in [0.5, 0.6) is 11.5 Å². The van der Waals surface area contributed by atoms with Gasteiger partial charge < -0.3 is 15.4 Å². The first-order valence-electron chi connectivity index (χ1n) is 7.32. The first kappa shape index (κ1) is 13.2. The van der Waals surface area contributed by atoms with Gasteiger partial charge in [0, 0.05) is 22.6 Å². The van der Waals surface area contributed by atoms with Gasteiger partial charge in [0.05, 0.1) is 11.7 Å². The molecule has 21 heavy (non-hydrogen) atoms. The summed E-state index contributed by atoms with van der Waals surface area (Å²) in [6, 6.07) is 14.7. The normalized spacial score (nSPS) is 23.4. The summed E-state index contributed by atoms with van der Waals surface area (Å²) in [5.41, 5.74) is 8.78. The van der Waals surface area contributed by atoms with Crippen molar-refractivity contribution >= 4 is 21.6 Å². The van der Waals surface area contributed by atoms with Crippen LogP contribution in [0.15, 0.2) is 46.9 Å². The lowest BCUT2D eigenvalue weighted by atomic mass is 9.90. The minimum absolute atomic E-state index is 0.133. The number of hydrogen-bond acceptors (Lipinski definition) is 3. The second-order valence-corrected chi connectivity index (χ2v) is 6.61. The van der Waals surface area contributed by atoms with Gasteiger partial charge in [-0.25, -0.2) is 0 Å². The molecule has 4 heteroatoms. The van der Waals surface area contributed by atoms with Crippen molar-refractivity contribution in [3.05, 3.63) is 52.5 Å². The van der Waals surface area contributed by atoms with Crippen LogP contribution in [0.1, 0.15) is 24.4 Å². The molecule has 1 fully saturated rings. The van der Waals surface area contributed by atoms with Crippen LogP contribution in [0.2, 0.25) is 0 Å². The van der Waals surface area contributed by atoms with Gasteiger partial charge >= 0.3 is 0 Å². The zero-order valence-corrected chi connectivity index (χ0v) is 13.2. The molecule has 0 aliphatic carbocycles. The average molecular weight is 345 g/mol. The number of rotatable bonds is 0. The Labute approximate surface area is 132 Å². The number of hydrogen-bond donors (Lipinski definition) is 1. The molecule has 0 radical (unpaired) electrons. The van der Waals surface area contributed by atoms with Crippen molar-refractivity contribution in [2.45, 2.75) is 24.9 Å². The molecule has 2 heterocycles. The Morgan fingerprint density at radius 2 is 2.00 bits per heavy atom. The van der Waals surface area contributed by atoms with Gasteiger partial charge in [0.1, 0.15) is 5.75 Å².